The summed E-state index contributed by atoms with van der Waals surface area (Å²) in [4.78, 5) is 16.0. The number of carbonyl (C=O) groups is 1. The molecule has 0 aromatic carbocycles. The fourth-order valence-electron chi connectivity index (χ4n) is 6.66. The van der Waals surface area contributed by atoms with Gasteiger partial charge in [0, 0.05) is 29.6 Å². The summed E-state index contributed by atoms with van der Waals surface area (Å²) in [5.74, 6) is 2.48. The number of Topliss-reactive ketones (excluding diaryl/α,β-unsaturated/α-hetero) is 1. The number of carbonyl (C=O) groups excluding carboxylic acids is 1. The van der Waals surface area contributed by atoms with Gasteiger partial charge in [0.15, 0.2) is 0 Å². The van der Waals surface area contributed by atoms with Crippen molar-refractivity contribution in [1.82, 2.24) is 4.98 Å². The second kappa shape index (κ2) is 20.0. The third-order valence-electron chi connectivity index (χ3n) is 8.68. The molecule has 1 aromatic rings. The van der Waals surface area contributed by atoms with Crippen molar-refractivity contribution in [2.45, 2.75) is 161 Å². The molecule has 4 rings (SSSR count). The minimum Gasteiger partial charge on any atom is -0.300 e. The third-order valence-corrected chi connectivity index (χ3v) is 8.68. The summed E-state index contributed by atoms with van der Waals surface area (Å²) in [5.41, 5.74) is 5.63. The van der Waals surface area contributed by atoms with E-state index < -0.39 is 0 Å². The Balaban J connectivity index is 0.000000349. The molecule has 1 heterocycles. The summed E-state index contributed by atoms with van der Waals surface area (Å²) in [6, 6.07) is 5.12. The Hall–Kier alpha value is -1.96. The quantitative estimate of drug-likeness (QED) is 0.326. The van der Waals surface area contributed by atoms with Gasteiger partial charge in [-0.15, -0.1) is 0 Å². The van der Waals surface area contributed by atoms with E-state index in [-0.39, 0.29) is 5.78 Å². The van der Waals surface area contributed by atoms with Crippen LogP contribution in [0, 0.1) is 0 Å². The van der Waals surface area contributed by atoms with Crippen molar-refractivity contribution in [3.63, 3.8) is 0 Å². The lowest BCUT2D eigenvalue weighted by Crippen LogP contribution is -2.13. The Labute approximate surface area is 241 Å². The molecule has 2 nitrogen and oxygen atoms in total. The van der Waals surface area contributed by atoms with Crippen molar-refractivity contribution in [3.8, 4) is 0 Å². The summed E-state index contributed by atoms with van der Waals surface area (Å²) < 4.78 is 0. The van der Waals surface area contributed by atoms with Gasteiger partial charge in [-0.05, 0) is 81.6 Å². The van der Waals surface area contributed by atoms with Crippen LogP contribution < -0.4 is 0 Å². The minimum atomic E-state index is 0.177. The summed E-state index contributed by atoms with van der Waals surface area (Å²) in [6.45, 7) is 11.1. The predicted octanol–water partition coefficient (Wildman–Crippen LogP) is 11.7. The molecule has 39 heavy (non-hydrogen) atoms. The van der Waals surface area contributed by atoms with Gasteiger partial charge >= 0.3 is 0 Å². The summed E-state index contributed by atoms with van der Waals surface area (Å²) in [6.07, 6.45) is 32.0. The van der Waals surface area contributed by atoms with Crippen molar-refractivity contribution < 1.29 is 4.79 Å². The van der Waals surface area contributed by atoms with Crippen molar-refractivity contribution >= 4 is 5.78 Å². The van der Waals surface area contributed by atoms with Gasteiger partial charge < -0.3 is 0 Å². The number of nitrogens with zero attached hydrogens (tertiary/aromatic N) is 1. The monoisotopic (exact) mass is 533 g/mol. The lowest BCUT2D eigenvalue weighted by atomic mass is 9.80. The molecular weight excluding hydrogens is 474 g/mol. The van der Waals surface area contributed by atoms with Crippen LogP contribution in [0.4, 0.5) is 0 Å². The normalized spacial score (nSPS) is 20.2. The second-order valence-corrected chi connectivity index (χ2v) is 11.8. The largest absolute Gasteiger partial charge is 0.300 e. The molecule has 0 atom stereocenters. The number of pyridine rings is 1. The molecule has 3 saturated carbocycles. The lowest BCUT2D eigenvalue weighted by molar-refractivity contribution is -0.116. The van der Waals surface area contributed by atoms with E-state index in [1.54, 1.807) is 18.6 Å². The summed E-state index contributed by atoms with van der Waals surface area (Å²) in [5, 5.41) is 0. The molecule has 1 aromatic heterocycles. The van der Waals surface area contributed by atoms with Gasteiger partial charge in [-0.1, -0.05) is 115 Å². The molecule has 0 N–H and O–H groups in total. The first-order valence-electron chi connectivity index (χ1n) is 16.6. The van der Waals surface area contributed by atoms with Crippen LogP contribution in [0.1, 0.15) is 178 Å². The zero-order valence-electron chi connectivity index (χ0n) is 26.0. The molecule has 0 aliphatic heterocycles. The molecule has 2 heteroatoms. The number of hydrogen-bond donors (Lipinski definition) is 0. The van der Waals surface area contributed by atoms with Crippen LogP contribution in [-0.4, -0.2) is 10.8 Å². The first kappa shape index (κ1) is 33.2. The van der Waals surface area contributed by atoms with Gasteiger partial charge in [0.1, 0.15) is 5.78 Å². The Morgan fingerprint density at radius 1 is 0.769 bits per heavy atom. The molecule has 0 saturated heterocycles. The lowest BCUT2D eigenvalue weighted by Gasteiger charge is -2.28. The fraction of sp³-hybridized carbons (Fsp3) is 0.676. The molecule has 3 aliphatic carbocycles. The summed E-state index contributed by atoms with van der Waals surface area (Å²) >= 11 is 0. The highest BCUT2D eigenvalue weighted by molar-refractivity contribution is 5.78. The number of rotatable bonds is 7. The first-order valence-corrected chi connectivity index (χ1v) is 16.6. The topological polar surface area (TPSA) is 30.0 Å². The second-order valence-electron chi connectivity index (χ2n) is 11.8. The van der Waals surface area contributed by atoms with Crippen LogP contribution in [-0.2, 0) is 4.79 Å². The fourth-order valence-corrected chi connectivity index (χ4v) is 6.66. The number of hydrogen-bond acceptors (Lipinski definition) is 2. The van der Waals surface area contributed by atoms with Crippen LogP contribution in [0.25, 0.3) is 0 Å². The number of aromatic nitrogens is 1. The van der Waals surface area contributed by atoms with Gasteiger partial charge in [-0.25, -0.2) is 0 Å². The minimum absolute atomic E-state index is 0.177. The van der Waals surface area contributed by atoms with Crippen molar-refractivity contribution in [1.29, 1.82) is 0 Å². The van der Waals surface area contributed by atoms with Gasteiger partial charge in [-0.2, -0.15) is 0 Å². The molecule has 0 amide bonds. The number of allylic oxidation sites excluding steroid dienone is 5. The highest BCUT2D eigenvalue weighted by Gasteiger charge is 2.24. The third kappa shape index (κ3) is 12.4. The highest BCUT2D eigenvalue weighted by atomic mass is 16.1. The zero-order chi connectivity index (χ0) is 28.3. The first-order chi connectivity index (χ1) is 19.1. The molecule has 218 valence electrons. The van der Waals surface area contributed by atoms with Crippen LogP contribution in [0.5, 0.6) is 0 Å². The Bertz CT molecular complexity index is 838. The average Bonchev–Trinajstić information content (AvgIpc) is 2.95. The van der Waals surface area contributed by atoms with Crippen LogP contribution in [0.2, 0.25) is 0 Å². The van der Waals surface area contributed by atoms with E-state index in [1.165, 1.54) is 121 Å². The molecule has 0 radical (unpaired) electrons. The standard InChI is InChI=1S/C25H39N.C10H14O.C2H6/c1-2-6-14-21(15-7-3-1)24-18-23(20-12-8-4-9-13-20)19-25(26-24)22-16-10-5-11-17-22;1-4-6-10(7-5-2)8-9(3)11;1-2/h18-22H,1-17H2;4-7H,1,8H2,2-3H3;1-2H3/b;7-5-,10-6+;. The van der Waals surface area contributed by atoms with E-state index in [0.29, 0.717) is 6.42 Å². The Kier molecular flexibility index (Phi) is 17.0. The van der Waals surface area contributed by atoms with Crippen LogP contribution >= 0.6 is 0 Å². The van der Waals surface area contributed by atoms with Gasteiger partial charge in [0.05, 0.1) is 0 Å². The number of ketones is 1. The van der Waals surface area contributed by atoms with E-state index in [4.69, 9.17) is 4.98 Å². The van der Waals surface area contributed by atoms with E-state index >= 15 is 0 Å². The molecule has 3 fully saturated rings. The van der Waals surface area contributed by atoms with Crippen LogP contribution in [0.15, 0.2) is 48.6 Å². The average molecular weight is 534 g/mol. The van der Waals surface area contributed by atoms with Crippen molar-refractivity contribution in [2.24, 2.45) is 0 Å². The smallest absolute Gasteiger partial charge is 0.134 e. The van der Waals surface area contributed by atoms with E-state index in [9.17, 15) is 4.79 Å². The van der Waals surface area contributed by atoms with Crippen molar-refractivity contribution in [3.05, 3.63) is 65.5 Å². The predicted molar refractivity (Wildman–Crippen MR) is 171 cm³/mol. The zero-order valence-corrected chi connectivity index (χ0v) is 26.0. The van der Waals surface area contributed by atoms with Crippen LogP contribution in [0.3, 0.4) is 0 Å². The van der Waals surface area contributed by atoms with Crippen molar-refractivity contribution in [2.75, 3.05) is 0 Å². The maximum absolute atomic E-state index is 10.7. The summed E-state index contributed by atoms with van der Waals surface area (Å²) in [7, 11) is 0. The maximum atomic E-state index is 10.7. The Morgan fingerprint density at radius 2 is 1.18 bits per heavy atom. The van der Waals surface area contributed by atoms with Gasteiger partial charge in [-0.3, -0.25) is 9.78 Å². The van der Waals surface area contributed by atoms with E-state index in [0.717, 1.165) is 23.3 Å². The molecule has 0 spiro atoms. The molecule has 0 bridgehead atoms. The SMILES string of the molecule is C=C/C=C(\C=C/C)CC(C)=O.CC.c1c(C2CCCCC2)cc(C2CCCCC2)nc1C1CCCCCCC1. The molecule has 3 aliphatic rings. The molecular formula is C37H59NO. The molecule has 0 unspecified atom stereocenters. The van der Waals surface area contributed by atoms with E-state index in [2.05, 4.69) is 18.7 Å². The Morgan fingerprint density at radius 3 is 1.59 bits per heavy atom. The highest BCUT2D eigenvalue weighted by Crippen LogP contribution is 2.39. The van der Waals surface area contributed by atoms with E-state index in [1.807, 2.05) is 39.0 Å². The maximum Gasteiger partial charge on any atom is 0.134 e. The van der Waals surface area contributed by atoms with Gasteiger partial charge in [0.25, 0.3) is 0 Å². The van der Waals surface area contributed by atoms with Gasteiger partial charge in [0.2, 0.25) is 0 Å².